The second kappa shape index (κ2) is 7.11. The standard InChI is InChI=1S/C21H21ClN4O2/c22-15-5-6-16-19(11-15)28-24-21(16)14-7-9-25(10-8-14)20(12-27)26-13-23-17-3-1-2-4-18(17)26/h1-6,11-12,14,20,23H,7-10,13H2. The maximum atomic E-state index is 12.0. The number of anilines is 2. The average Bonchev–Trinajstić information content (AvgIpc) is 3.33. The van der Waals surface area contributed by atoms with E-state index in [0.29, 0.717) is 17.6 Å². The van der Waals surface area contributed by atoms with Gasteiger partial charge in [-0.3, -0.25) is 9.69 Å². The lowest BCUT2D eigenvalue weighted by Crippen LogP contribution is -2.52. The molecule has 3 heterocycles. The van der Waals surface area contributed by atoms with E-state index in [2.05, 4.69) is 26.3 Å². The molecule has 28 heavy (non-hydrogen) atoms. The first-order chi connectivity index (χ1) is 13.7. The number of nitrogens with one attached hydrogen (secondary N) is 1. The number of piperidine rings is 1. The lowest BCUT2D eigenvalue weighted by Gasteiger charge is -2.39. The molecule has 3 aromatic rings. The van der Waals surface area contributed by atoms with Gasteiger partial charge >= 0.3 is 0 Å². The number of carbonyl (C=O) groups excluding carboxylic acids is 1. The SMILES string of the molecule is O=CC(N1CCC(c2noc3cc(Cl)ccc23)CC1)N1CNc2ccccc21. The van der Waals surface area contributed by atoms with Gasteiger partial charge in [0, 0.05) is 35.5 Å². The van der Waals surface area contributed by atoms with Crippen molar-refractivity contribution in [2.24, 2.45) is 0 Å². The molecule has 0 amide bonds. The molecule has 1 aromatic heterocycles. The number of rotatable bonds is 4. The van der Waals surface area contributed by atoms with E-state index < -0.39 is 0 Å². The third-order valence-electron chi connectivity index (χ3n) is 5.85. The molecule has 1 saturated heterocycles. The number of fused-ring (bicyclic) bond motifs is 2. The molecule has 5 rings (SSSR count). The molecule has 1 fully saturated rings. The van der Waals surface area contributed by atoms with Gasteiger partial charge in [-0.1, -0.05) is 28.9 Å². The molecule has 0 bridgehead atoms. The Balaban J connectivity index is 1.32. The van der Waals surface area contributed by atoms with Gasteiger partial charge in [-0.25, -0.2) is 0 Å². The zero-order valence-electron chi connectivity index (χ0n) is 15.3. The molecular formula is C21H21ClN4O2. The third-order valence-corrected chi connectivity index (χ3v) is 6.08. The van der Waals surface area contributed by atoms with Gasteiger partial charge in [-0.05, 0) is 37.1 Å². The Hall–Kier alpha value is -2.57. The predicted octanol–water partition coefficient (Wildman–Crippen LogP) is 4.08. The van der Waals surface area contributed by atoms with E-state index in [9.17, 15) is 4.79 Å². The highest BCUT2D eigenvalue weighted by molar-refractivity contribution is 6.31. The summed E-state index contributed by atoms with van der Waals surface area (Å²) >= 11 is 6.04. The van der Waals surface area contributed by atoms with Crippen molar-refractivity contribution in [3.8, 4) is 0 Å². The summed E-state index contributed by atoms with van der Waals surface area (Å²) in [5.74, 6) is 0.329. The van der Waals surface area contributed by atoms with Crippen molar-refractivity contribution < 1.29 is 9.32 Å². The van der Waals surface area contributed by atoms with Crippen LogP contribution in [0.4, 0.5) is 11.4 Å². The second-order valence-electron chi connectivity index (χ2n) is 7.39. The fraction of sp³-hybridized carbons (Fsp3) is 0.333. The fourth-order valence-electron chi connectivity index (χ4n) is 4.38. The summed E-state index contributed by atoms with van der Waals surface area (Å²) in [6, 6.07) is 13.8. The molecule has 0 radical (unpaired) electrons. The number of aromatic nitrogens is 1. The molecule has 0 aliphatic carbocycles. The number of nitrogens with zero attached hydrogens (tertiary/aromatic N) is 3. The van der Waals surface area contributed by atoms with Crippen molar-refractivity contribution >= 4 is 40.2 Å². The minimum atomic E-state index is -0.259. The Morgan fingerprint density at radius 1 is 1.21 bits per heavy atom. The number of para-hydroxylation sites is 2. The largest absolute Gasteiger partial charge is 0.366 e. The second-order valence-corrected chi connectivity index (χ2v) is 7.83. The maximum absolute atomic E-state index is 12.0. The van der Waals surface area contributed by atoms with Crippen LogP contribution in [0, 0.1) is 0 Å². The maximum Gasteiger partial charge on any atom is 0.168 e. The van der Waals surface area contributed by atoms with Crippen molar-refractivity contribution in [2.45, 2.75) is 24.9 Å². The first kappa shape index (κ1) is 17.5. The van der Waals surface area contributed by atoms with Crippen LogP contribution in [-0.2, 0) is 4.79 Å². The molecule has 0 saturated carbocycles. The molecular weight excluding hydrogens is 376 g/mol. The molecule has 6 nitrogen and oxygen atoms in total. The minimum absolute atomic E-state index is 0.259. The van der Waals surface area contributed by atoms with Crippen LogP contribution in [0.3, 0.4) is 0 Å². The van der Waals surface area contributed by atoms with Crippen molar-refractivity contribution in [1.29, 1.82) is 0 Å². The van der Waals surface area contributed by atoms with Crippen LogP contribution in [0.5, 0.6) is 0 Å². The Kier molecular flexibility index (Phi) is 4.45. The zero-order chi connectivity index (χ0) is 19.1. The van der Waals surface area contributed by atoms with Gasteiger partial charge in [0.15, 0.2) is 11.9 Å². The molecule has 144 valence electrons. The number of likely N-dealkylation sites (tertiary alicyclic amines) is 1. The summed E-state index contributed by atoms with van der Waals surface area (Å²) in [6.45, 7) is 2.33. The molecule has 1 atom stereocenters. The molecule has 2 aromatic carbocycles. The molecule has 2 aliphatic rings. The smallest absolute Gasteiger partial charge is 0.168 e. The molecule has 1 unspecified atom stereocenters. The van der Waals surface area contributed by atoms with Crippen molar-refractivity contribution in [1.82, 2.24) is 10.1 Å². The number of hydrogen-bond donors (Lipinski definition) is 1. The van der Waals surface area contributed by atoms with Gasteiger partial charge in [-0.2, -0.15) is 0 Å². The van der Waals surface area contributed by atoms with Gasteiger partial charge < -0.3 is 14.7 Å². The predicted molar refractivity (Wildman–Crippen MR) is 110 cm³/mol. The molecule has 1 N–H and O–H groups in total. The van der Waals surface area contributed by atoms with E-state index in [0.717, 1.165) is 60.3 Å². The Morgan fingerprint density at radius 3 is 2.86 bits per heavy atom. The summed E-state index contributed by atoms with van der Waals surface area (Å²) in [6.07, 6.45) is 2.68. The first-order valence-corrected chi connectivity index (χ1v) is 9.96. The summed E-state index contributed by atoms with van der Waals surface area (Å²) < 4.78 is 5.48. The van der Waals surface area contributed by atoms with E-state index in [1.807, 2.05) is 36.4 Å². The van der Waals surface area contributed by atoms with Crippen LogP contribution in [0.25, 0.3) is 11.0 Å². The topological polar surface area (TPSA) is 61.6 Å². The number of benzene rings is 2. The molecule has 0 spiro atoms. The number of carbonyl (C=O) groups is 1. The van der Waals surface area contributed by atoms with Gasteiger partial charge in [0.2, 0.25) is 0 Å². The summed E-state index contributed by atoms with van der Waals surface area (Å²) in [4.78, 5) is 16.4. The van der Waals surface area contributed by atoms with Crippen LogP contribution in [0.2, 0.25) is 5.02 Å². The highest BCUT2D eigenvalue weighted by Gasteiger charge is 2.33. The third kappa shape index (κ3) is 2.93. The van der Waals surface area contributed by atoms with Crippen molar-refractivity contribution in [3.05, 3.63) is 53.2 Å². The monoisotopic (exact) mass is 396 g/mol. The van der Waals surface area contributed by atoms with Crippen molar-refractivity contribution in [2.75, 3.05) is 30.0 Å². The van der Waals surface area contributed by atoms with Crippen LogP contribution in [0.15, 0.2) is 47.0 Å². The quantitative estimate of drug-likeness (QED) is 0.670. The Labute approximate surface area is 168 Å². The molecule has 2 aliphatic heterocycles. The van der Waals surface area contributed by atoms with Gasteiger partial charge in [0.25, 0.3) is 0 Å². The number of halogens is 1. The minimum Gasteiger partial charge on any atom is -0.366 e. The first-order valence-electron chi connectivity index (χ1n) is 9.58. The summed E-state index contributed by atoms with van der Waals surface area (Å²) in [7, 11) is 0. The lowest BCUT2D eigenvalue weighted by molar-refractivity contribution is -0.112. The highest BCUT2D eigenvalue weighted by Crippen LogP contribution is 2.36. The number of hydrogen-bond acceptors (Lipinski definition) is 6. The van der Waals surface area contributed by atoms with E-state index in [4.69, 9.17) is 16.1 Å². The number of aldehydes is 1. The van der Waals surface area contributed by atoms with Crippen LogP contribution in [0.1, 0.15) is 24.5 Å². The Morgan fingerprint density at radius 2 is 2.04 bits per heavy atom. The van der Waals surface area contributed by atoms with Crippen LogP contribution >= 0.6 is 11.6 Å². The Bertz CT molecular complexity index is 1010. The summed E-state index contributed by atoms with van der Waals surface area (Å²) in [5.41, 5.74) is 3.90. The van der Waals surface area contributed by atoms with Crippen LogP contribution < -0.4 is 10.2 Å². The fourth-order valence-corrected chi connectivity index (χ4v) is 4.55. The molecule has 7 heteroatoms. The van der Waals surface area contributed by atoms with Gasteiger partial charge in [0.1, 0.15) is 6.17 Å². The highest BCUT2D eigenvalue weighted by atomic mass is 35.5. The van der Waals surface area contributed by atoms with Crippen molar-refractivity contribution in [3.63, 3.8) is 0 Å². The van der Waals surface area contributed by atoms with E-state index >= 15 is 0 Å². The summed E-state index contributed by atoms with van der Waals surface area (Å²) in [5, 5.41) is 9.37. The van der Waals surface area contributed by atoms with Gasteiger partial charge in [0.05, 0.1) is 23.7 Å². The average molecular weight is 397 g/mol. The van der Waals surface area contributed by atoms with E-state index in [1.165, 1.54) is 0 Å². The normalized spacial score (nSPS) is 18.8. The van der Waals surface area contributed by atoms with Gasteiger partial charge in [-0.15, -0.1) is 0 Å². The zero-order valence-corrected chi connectivity index (χ0v) is 16.1. The van der Waals surface area contributed by atoms with E-state index in [-0.39, 0.29) is 6.17 Å². The lowest BCUT2D eigenvalue weighted by atomic mass is 9.91. The van der Waals surface area contributed by atoms with Crippen LogP contribution in [-0.4, -0.2) is 42.3 Å². The van der Waals surface area contributed by atoms with E-state index in [1.54, 1.807) is 0 Å².